The standard InChI is InChI=1S/C15H22N2O2/c1-10(16-14(15(18)19)12-4-5-12)11-6-8-13(9-7-11)17(2)3/h6-10,12,14,16H,4-5H2,1-3H3,(H,18,19). The maximum absolute atomic E-state index is 11.2. The van der Waals surface area contributed by atoms with E-state index in [2.05, 4.69) is 29.6 Å². The third-order valence-corrected chi connectivity index (χ3v) is 3.70. The number of carboxylic acids is 1. The summed E-state index contributed by atoms with van der Waals surface area (Å²) in [4.78, 5) is 13.3. The quantitative estimate of drug-likeness (QED) is 0.825. The molecule has 2 unspecified atom stereocenters. The van der Waals surface area contributed by atoms with Gasteiger partial charge in [0.05, 0.1) is 0 Å². The van der Waals surface area contributed by atoms with Crippen LogP contribution in [0.1, 0.15) is 31.4 Å². The second-order valence-electron chi connectivity index (χ2n) is 5.53. The van der Waals surface area contributed by atoms with Crippen molar-refractivity contribution < 1.29 is 9.90 Å². The molecule has 2 rings (SSSR count). The zero-order chi connectivity index (χ0) is 14.0. The molecule has 1 aromatic rings. The minimum absolute atomic E-state index is 0.0536. The fourth-order valence-electron chi connectivity index (χ4n) is 2.27. The van der Waals surface area contributed by atoms with Crippen molar-refractivity contribution in [2.75, 3.05) is 19.0 Å². The van der Waals surface area contributed by atoms with Crippen LogP contribution in [0.25, 0.3) is 0 Å². The lowest BCUT2D eigenvalue weighted by Gasteiger charge is -2.21. The Morgan fingerprint density at radius 3 is 2.32 bits per heavy atom. The van der Waals surface area contributed by atoms with E-state index in [-0.39, 0.29) is 6.04 Å². The molecule has 1 aliphatic rings. The minimum atomic E-state index is -0.737. The Morgan fingerprint density at radius 1 is 1.32 bits per heavy atom. The van der Waals surface area contributed by atoms with Gasteiger partial charge in [0.2, 0.25) is 0 Å². The molecule has 0 spiro atoms. The highest BCUT2D eigenvalue weighted by molar-refractivity contribution is 5.74. The Morgan fingerprint density at radius 2 is 1.89 bits per heavy atom. The zero-order valence-electron chi connectivity index (χ0n) is 11.8. The van der Waals surface area contributed by atoms with Crippen molar-refractivity contribution in [2.45, 2.75) is 31.8 Å². The summed E-state index contributed by atoms with van der Waals surface area (Å²) in [6, 6.07) is 7.86. The minimum Gasteiger partial charge on any atom is -0.480 e. The number of hydrogen-bond acceptors (Lipinski definition) is 3. The number of benzene rings is 1. The third-order valence-electron chi connectivity index (χ3n) is 3.70. The Kier molecular flexibility index (Phi) is 4.10. The summed E-state index contributed by atoms with van der Waals surface area (Å²) < 4.78 is 0. The first kappa shape index (κ1) is 13.9. The van der Waals surface area contributed by atoms with Crippen LogP contribution >= 0.6 is 0 Å². The number of carboxylic acid groups (broad SMARTS) is 1. The molecule has 104 valence electrons. The largest absolute Gasteiger partial charge is 0.480 e. The smallest absolute Gasteiger partial charge is 0.320 e. The van der Waals surface area contributed by atoms with Gasteiger partial charge in [-0.3, -0.25) is 10.1 Å². The topological polar surface area (TPSA) is 52.6 Å². The number of nitrogens with one attached hydrogen (secondary N) is 1. The van der Waals surface area contributed by atoms with Crippen LogP contribution in [0.2, 0.25) is 0 Å². The Balaban J connectivity index is 2.02. The highest BCUT2D eigenvalue weighted by Crippen LogP contribution is 2.34. The summed E-state index contributed by atoms with van der Waals surface area (Å²) in [5.74, 6) is -0.430. The lowest BCUT2D eigenvalue weighted by molar-refractivity contribution is -0.140. The van der Waals surface area contributed by atoms with Crippen molar-refractivity contribution in [3.05, 3.63) is 29.8 Å². The van der Waals surface area contributed by atoms with Gasteiger partial charge in [0.15, 0.2) is 0 Å². The molecule has 19 heavy (non-hydrogen) atoms. The highest BCUT2D eigenvalue weighted by atomic mass is 16.4. The van der Waals surface area contributed by atoms with E-state index in [9.17, 15) is 9.90 Å². The Labute approximate surface area is 114 Å². The molecule has 0 radical (unpaired) electrons. The number of nitrogens with zero attached hydrogens (tertiary/aromatic N) is 1. The molecule has 1 aromatic carbocycles. The number of hydrogen-bond donors (Lipinski definition) is 2. The van der Waals surface area contributed by atoms with Gasteiger partial charge < -0.3 is 10.0 Å². The molecule has 2 atom stereocenters. The average Bonchev–Trinajstić information content (AvgIpc) is 3.19. The maximum Gasteiger partial charge on any atom is 0.320 e. The second-order valence-corrected chi connectivity index (χ2v) is 5.53. The van der Waals surface area contributed by atoms with E-state index in [1.807, 2.05) is 25.9 Å². The van der Waals surface area contributed by atoms with Gasteiger partial charge in [0, 0.05) is 25.8 Å². The van der Waals surface area contributed by atoms with Crippen molar-refractivity contribution in [3.63, 3.8) is 0 Å². The fraction of sp³-hybridized carbons (Fsp3) is 0.533. The summed E-state index contributed by atoms with van der Waals surface area (Å²) in [6.07, 6.45) is 2.05. The monoisotopic (exact) mass is 262 g/mol. The SMILES string of the molecule is CC(NC(C(=O)O)C1CC1)c1ccc(N(C)C)cc1. The van der Waals surface area contributed by atoms with Gasteiger partial charge >= 0.3 is 5.97 Å². The van der Waals surface area contributed by atoms with Crippen molar-refractivity contribution in [3.8, 4) is 0 Å². The van der Waals surface area contributed by atoms with Crippen LogP contribution in [0.4, 0.5) is 5.69 Å². The van der Waals surface area contributed by atoms with Crippen molar-refractivity contribution in [2.24, 2.45) is 5.92 Å². The van der Waals surface area contributed by atoms with E-state index in [1.54, 1.807) is 0 Å². The lowest BCUT2D eigenvalue weighted by atomic mass is 10.1. The predicted molar refractivity (Wildman–Crippen MR) is 76.5 cm³/mol. The Hall–Kier alpha value is -1.55. The third kappa shape index (κ3) is 3.47. The molecule has 4 nitrogen and oxygen atoms in total. The molecular formula is C15H22N2O2. The lowest BCUT2D eigenvalue weighted by Crippen LogP contribution is -2.40. The van der Waals surface area contributed by atoms with Gasteiger partial charge in [0.25, 0.3) is 0 Å². The Bertz CT molecular complexity index is 438. The number of anilines is 1. The van der Waals surface area contributed by atoms with E-state index in [0.29, 0.717) is 5.92 Å². The fourth-order valence-corrected chi connectivity index (χ4v) is 2.27. The van der Waals surface area contributed by atoms with Gasteiger partial charge in [-0.1, -0.05) is 12.1 Å². The summed E-state index contributed by atoms with van der Waals surface area (Å²) in [6.45, 7) is 2.02. The van der Waals surface area contributed by atoms with E-state index < -0.39 is 12.0 Å². The normalized spacial score (nSPS) is 17.8. The molecule has 0 heterocycles. The van der Waals surface area contributed by atoms with Crippen molar-refractivity contribution in [1.29, 1.82) is 0 Å². The molecule has 2 N–H and O–H groups in total. The van der Waals surface area contributed by atoms with E-state index in [4.69, 9.17) is 0 Å². The van der Waals surface area contributed by atoms with Crippen LogP contribution < -0.4 is 10.2 Å². The second kappa shape index (κ2) is 5.61. The summed E-state index contributed by atoms with van der Waals surface area (Å²) in [5.41, 5.74) is 2.27. The van der Waals surface area contributed by atoms with Gasteiger partial charge in [-0.2, -0.15) is 0 Å². The van der Waals surface area contributed by atoms with E-state index >= 15 is 0 Å². The molecular weight excluding hydrogens is 240 g/mol. The molecule has 0 saturated heterocycles. The zero-order valence-corrected chi connectivity index (χ0v) is 11.8. The van der Waals surface area contributed by atoms with E-state index in [1.165, 1.54) is 0 Å². The molecule has 1 fully saturated rings. The van der Waals surface area contributed by atoms with Gasteiger partial charge in [-0.25, -0.2) is 0 Å². The molecule has 1 saturated carbocycles. The first-order chi connectivity index (χ1) is 8.99. The maximum atomic E-state index is 11.2. The van der Waals surface area contributed by atoms with Crippen LogP contribution in [-0.2, 0) is 4.79 Å². The molecule has 0 bridgehead atoms. The molecule has 0 aliphatic heterocycles. The van der Waals surface area contributed by atoms with Crippen LogP contribution in [0, 0.1) is 5.92 Å². The van der Waals surface area contributed by atoms with Crippen LogP contribution in [0.3, 0.4) is 0 Å². The summed E-state index contributed by atoms with van der Waals surface area (Å²) >= 11 is 0. The number of aliphatic carboxylic acids is 1. The molecule has 0 amide bonds. The average molecular weight is 262 g/mol. The first-order valence-electron chi connectivity index (χ1n) is 6.75. The number of carbonyl (C=O) groups is 1. The predicted octanol–water partition coefficient (Wildman–Crippen LogP) is 2.27. The molecule has 4 heteroatoms. The van der Waals surface area contributed by atoms with Gasteiger partial charge in [-0.05, 0) is 43.4 Å². The molecule has 1 aliphatic carbocycles. The van der Waals surface area contributed by atoms with Crippen molar-refractivity contribution >= 4 is 11.7 Å². The summed E-state index contributed by atoms with van der Waals surface area (Å²) in [7, 11) is 4.01. The van der Waals surface area contributed by atoms with Crippen LogP contribution in [0.5, 0.6) is 0 Å². The van der Waals surface area contributed by atoms with Crippen LogP contribution in [0.15, 0.2) is 24.3 Å². The highest BCUT2D eigenvalue weighted by Gasteiger charge is 2.36. The first-order valence-corrected chi connectivity index (χ1v) is 6.75. The van der Waals surface area contributed by atoms with Gasteiger partial charge in [0.1, 0.15) is 6.04 Å². The molecule has 0 aromatic heterocycles. The van der Waals surface area contributed by atoms with Crippen molar-refractivity contribution in [1.82, 2.24) is 5.32 Å². The van der Waals surface area contributed by atoms with E-state index in [0.717, 1.165) is 24.1 Å². The van der Waals surface area contributed by atoms with Crippen LogP contribution in [-0.4, -0.2) is 31.2 Å². The number of rotatable bonds is 6. The summed E-state index contributed by atoms with van der Waals surface area (Å²) in [5, 5.41) is 12.5. The van der Waals surface area contributed by atoms with Gasteiger partial charge in [-0.15, -0.1) is 0 Å².